The zero-order valence-electron chi connectivity index (χ0n) is 10.5. The quantitative estimate of drug-likeness (QED) is 0.754. The Morgan fingerprint density at radius 3 is 2.53 bits per heavy atom. The summed E-state index contributed by atoms with van der Waals surface area (Å²) in [6.45, 7) is 0.373. The van der Waals surface area contributed by atoms with E-state index in [4.69, 9.17) is 11.6 Å². The normalized spacial score (nSPS) is 10.5. The van der Waals surface area contributed by atoms with Crippen molar-refractivity contribution in [2.75, 3.05) is 11.9 Å². The maximum atomic E-state index is 13.6. The molecule has 0 aliphatic heterocycles. The Labute approximate surface area is 116 Å². The van der Waals surface area contributed by atoms with E-state index in [9.17, 15) is 8.78 Å². The molecule has 1 nitrogen and oxygen atoms in total. The zero-order chi connectivity index (χ0) is 13.8. The van der Waals surface area contributed by atoms with Crippen LogP contribution in [0, 0.1) is 11.6 Å². The molecule has 0 spiro atoms. The van der Waals surface area contributed by atoms with Crippen molar-refractivity contribution in [1.82, 2.24) is 0 Å². The van der Waals surface area contributed by atoms with Crippen LogP contribution in [0.1, 0.15) is 11.1 Å². The fourth-order valence-electron chi connectivity index (χ4n) is 1.90. The Hall–Kier alpha value is -1.61. The molecule has 0 atom stereocenters. The van der Waals surface area contributed by atoms with Gasteiger partial charge < -0.3 is 4.90 Å². The van der Waals surface area contributed by atoms with Crippen LogP contribution in [0.15, 0.2) is 42.5 Å². The molecule has 0 fully saturated rings. The molecule has 0 aliphatic rings. The smallest absolute Gasteiger partial charge is 0.128 e. The molecule has 0 radical (unpaired) electrons. The second-order valence-corrected chi connectivity index (χ2v) is 4.67. The van der Waals surface area contributed by atoms with Gasteiger partial charge in [0.15, 0.2) is 0 Å². The SMILES string of the molecule is CN(Cc1ccccc1F)c1cc(F)cc(CCl)c1. The summed E-state index contributed by atoms with van der Waals surface area (Å²) in [6.07, 6.45) is 0. The molecule has 2 rings (SSSR count). The van der Waals surface area contributed by atoms with E-state index >= 15 is 0 Å². The van der Waals surface area contributed by atoms with Gasteiger partial charge in [0.1, 0.15) is 11.6 Å². The molecule has 0 aromatic heterocycles. The summed E-state index contributed by atoms with van der Waals surface area (Å²) in [5.41, 5.74) is 1.96. The molecule has 0 aliphatic carbocycles. The highest BCUT2D eigenvalue weighted by atomic mass is 35.5. The first-order valence-corrected chi connectivity index (χ1v) is 6.43. The number of nitrogens with zero attached hydrogens (tertiary/aromatic N) is 1. The van der Waals surface area contributed by atoms with Gasteiger partial charge in [0.05, 0.1) is 0 Å². The Morgan fingerprint density at radius 1 is 1.11 bits per heavy atom. The molecule has 0 bridgehead atoms. The van der Waals surface area contributed by atoms with Gasteiger partial charge in [-0.1, -0.05) is 18.2 Å². The van der Waals surface area contributed by atoms with Gasteiger partial charge >= 0.3 is 0 Å². The van der Waals surface area contributed by atoms with Crippen molar-refractivity contribution in [2.24, 2.45) is 0 Å². The number of anilines is 1. The molecule has 0 amide bonds. The Balaban J connectivity index is 2.22. The van der Waals surface area contributed by atoms with Gasteiger partial charge in [-0.05, 0) is 29.8 Å². The Bertz CT molecular complexity index is 572. The highest BCUT2D eigenvalue weighted by Gasteiger charge is 2.08. The molecule has 0 saturated heterocycles. The van der Waals surface area contributed by atoms with Crippen LogP contribution in [-0.4, -0.2) is 7.05 Å². The lowest BCUT2D eigenvalue weighted by atomic mass is 10.1. The van der Waals surface area contributed by atoms with Gasteiger partial charge in [-0.2, -0.15) is 0 Å². The molecule has 4 heteroatoms. The fourth-order valence-corrected chi connectivity index (χ4v) is 2.06. The Morgan fingerprint density at radius 2 is 1.84 bits per heavy atom. The minimum atomic E-state index is -0.339. The summed E-state index contributed by atoms with van der Waals surface area (Å²) in [4.78, 5) is 1.79. The van der Waals surface area contributed by atoms with Gasteiger partial charge in [0.25, 0.3) is 0 Å². The first kappa shape index (κ1) is 13.8. The number of alkyl halides is 1. The molecular weight excluding hydrogens is 268 g/mol. The van der Waals surface area contributed by atoms with Crippen LogP contribution in [0.4, 0.5) is 14.5 Å². The fraction of sp³-hybridized carbons (Fsp3) is 0.200. The van der Waals surface area contributed by atoms with Gasteiger partial charge in [-0.3, -0.25) is 0 Å². The Kier molecular flexibility index (Phi) is 4.38. The molecule has 100 valence electrons. The third-order valence-corrected chi connectivity index (χ3v) is 3.21. The van der Waals surface area contributed by atoms with Gasteiger partial charge in [0, 0.05) is 30.7 Å². The van der Waals surface area contributed by atoms with E-state index in [-0.39, 0.29) is 17.5 Å². The van der Waals surface area contributed by atoms with E-state index in [1.54, 1.807) is 36.2 Å². The highest BCUT2D eigenvalue weighted by Crippen LogP contribution is 2.21. The van der Waals surface area contributed by atoms with Crippen molar-refractivity contribution < 1.29 is 8.78 Å². The van der Waals surface area contributed by atoms with E-state index in [0.29, 0.717) is 23.4 Å². The third-order valence-electron chi connectivity index (χ3n) is 2.90. The predicted octanol–water partition coefficient (Wildman–Crippen LogP) is 4.34. The maximum absolute atomic E-state index is 13.6. The predicted molar refractivity (Wildman–Crippen MR) is 74.5 cm³/mol. The molecular formula is C15H14ClF2N. The van der Waals surface area contributed by atoms with Crippen LogP contribution in [-0.2, 0) is 12.4 Å². The minimum absolute atomic E-state index is 0.248. The van der Waals surface area contributed by atoms with Crippen molar-refractivity contribution in [3.63, 3.8) is 0 Å². The van der Waals surface area contributed by atoms with Crippen molar-refractivity contribution >= 4 is 17.3 Å². The van der Waals surface area contributed by atoms with E-state index in [0.717, 1.165) is 0 Å². The standard InChI is InChI=1S/C15H14ClF2N/c1-19(10-12-4-2-3-5-15(12)18)14-7-11(9-16)6-13(17)8-14/h2-8H,9-10H2,1H3. The number of hydrogen-bond donors (Lipinski definition) is 0. The summed E-state index contributed by atoms with van der Waals surface area (Å²) >= 11 is 5.72. The average Bonchev–Trinajstić information content (AvgIpc) is 2.40. The molecule has 0 saturated carbocycles. The van der Waals surface area contributed by atoms with Crippen molar-refractivity contribution in [2.45, 2.75) is 12.4 Å². The maximum Gasteiger partial charge on any atom is 0.128 e. The summed E-state index contributed by atoms with van der Waals surface area (Å²) in [5.74, 6) is -0.352. The molecule has 0 N–H and O–H groups in total. The van der Waals surface area contributed by atoms with Crippen LogP contribution in [0.25, 0.3) is 0 Å². The van der Waals surface area contributed by atoms with E-state index in [2.05, 4.69) is 0 Å². The van der Waals surface area contributed by atoms with Crippen LogP contribution < -0.4 is 4.90 Å². The van der Waals surface area contributed by atoms with Crippen LogP contribution in [0.2, 0.25) is 0 Å². The molecule has 2 aromatic rings. The second kappa shape index (κ2) is 6.02. The summed E-state index contributed by atoms with van der Waals surface area (Å²) in [7, 11) is 1.79. The first-order chi connectivity index (χ1) is 9.10. The monoisotopic (exact) mass is 281 g/mol. The van der Waals surface area contributed by atoms with Crippen molar-refractivity contribution in [3.05, 3.63) is 65.2 Å². The number of benzene rings is 2. The lowest BCUT2D eigenvalue weighted by Gasteiger charge is -2.20. The third kappa shape index (κ3) is 3.44. The average molecular weight is 282 g/mol. The van der Waals surface area contributed by atoms with Crippen LogP contribution >= 0.6 is 11.6 Å². The van der Waals surface area contributed by atoms with E-state index in [1.807, 2.05) is 0 Å². The van der Waals surface area contributed by atoms with Gasteiger partial charge in [-0.15, -0.1) is 11.6 Å². The minimum Gasteiger partial charge on any atom is -0.370 e. The summed E-state index contributed by atoms with van der Waals surface area (Å²) < 4.78 is 27.0. The first-order valence-electron chi connectivity index (χ1n) is 5.90. The van der Waals surface area contributed by atoms with Gasteiger partial charge in [-0.25, -0.2) is 8.78 Å². The van der Waals surface area contributed by atoms with Crippen molar-refractivity contribution in [3.8, 4) is 0 Å². The summed E-state index contributed by atoms with van der Waals surface area (Å²) in [5, 5.41) is 0. The molecule has 2 aromatic carbocycles. The molecule has 0 heterocycles. The van der Waals surface area contributed by atoms with Crippen molar-refractivity contribution in [1.29, 1.82) is 0 Å². The lowest BCUT2D eigenvalue weighted by Crippen LogP contribution is -2.17. The topological polar surface area (TPSA) is 3.24 Å². The van der Waals surface area contributed by atoms with Crippen LogP contribution in [0.5, 0.6) is 0 Å². The number of rotatable bonds is 4. The number of hydrogen-bond acceptors (Lipinski definition) is 1. The van der Waals surface area contributed by atoms with Crippen LogP contribution in [0.3, 0.4) is 0 Å². The highest BCUT2D eigenvalue weighted by molar-refractivity contribution is 6.17. The summed E-state index contributed by atoms with van der Waals surface area (Å²) in [6, 6.07) is 11.2. The van der Waals surface area contributed by atoms with E-state index < -0.39 is 0 Å². The molecule has 0 unspecified atom stereocenters. The largest absolute Gasteiger partial charge is 0.370 e. The zero-order valence-corrected chi connectivity index (χ0v) is 11.3. The van der Waals surface area contributed by atoms with Gasteiger partial charge in [0.2, 0.25) is 0 Å². The second-order valence-electron chi connectivity index (χ2n) is 4.40. The number of halogens is 3. The lowest BCUT2D eigenvalue weighted by molar-refractivity contribution is 0.607. The molecule has 19 heavy (non-hydrogen) atoms. The van der Waals surface area contributed by atoms with E-state index in [1.165, 1.54) is 18.2 Å².